The van der Waals surface area contributed by atoms with Crippen molar-refractivity contribution in [1.29, 1.82) is 0 Å². The largest absolute Gasteiger partial charge is 0.494 e. The highest BCUT2D eigenvalue weighted by Crippen LogP contribution is 2.26. The monoisotopic (exact) mass is 512 g/mol. The standard InChI is InChI=1S/C33H40N2O3/c1-2-3-4-5-6-7-8-9-10-14-25-36-30-23-19-29(20-24-30)33-34-32(35-38-33)28-17-21-31(22-18-28)37-26-27-15-12-11-13-16-27/h11-13,15-24H,2-10,14,25-26H2,1H3. The summed E-state index contributed by atoms with van der Waals surface area (Å²) in [5.41, 5.74) is 2.89. The normalized spacial score (nSPS) is 11.0. The molecule has 0 aliphatic rings. The van der Waals surface area contributed by atoms with E-state index >= 15 is 0 Å². The molecule has 0 fully saturated rings. The highest BCUT2D eigenvalue weighted by molar-refractivity contribution is 5.60. The smallest absolute Gasteiger partial charge is 0.258 e. The second kappa shape index (κ2) is 15.6. The number of benzene rings is 3. The van der Waals surface area contributed by atoms with Gasteiger partial charge in [0, 0.05) is 11.1 Å². The number of hydrogen-bond acceptors (Lipinski definition) is 5. The summed E-state index contributed by atoms with van der Waals surface area (Å²) in [6.45, 7) is 3.56. The van der Waals surface area contributed by atoms with E-state index in [9.17, 15) is 0 Å². The quantitative estimate of drug-likeness (QED) is 0.132. The van der Waals surface area contributed by atoms with E-state index in [0.29, 0.717) is 18.3 Å². The zero-order chi connectivity index (χ0) is 26.3. The zero-order valence-electron chi connectivity index (χ0n) is 22.6. The summed E-state index contributed by atoms with van der Waals surface area (Å²) in [5.74, 6) is 2.71. The topological polar surface area (TPSA) is 57.4 Å². The first kappa shape index (κ1) is 27.4. The fourth-order valence-corrected chi connectivity index (χ4v) is 4.37. The van der Waals surface area contributed by atoms with Crippen molar-refractivity contribution in [1.82, 2.24) is 10.1 Å². The van der Waals surface area contributed by atoms with E-state index in [0.717, 1.165) is 41.2 Å². The van der Waals surface area contributed by atoms with Crippen LogP contribution in [-0.4, -0.2) is 16.7 Å². The Kier molecular flexibility index (Phi) is 11.3. The van der Waals surface area contributed by atoms with Crippen LogP contribution in [0.3, 0.4) is 0 Å². The predicted octanol–water partition coefficient (Wildman–Crippen LogP) is 9.28. The van der Waals surface area contributed by atoms with Gasteiger partial charge in [-0.2, -0.15) is 4.98 Å². The highest BCUT2D eigenvalue weighted by Gasteiger charge is 2.11. The van der Waals surface area contributed by atoms with Crippen LogP contribution in [0, 0.1) is 0 Å². The van der Waals surface area contributed by atoms with Crippen molar-refractivity contribution >= 4 is 0 Å². The lowest BCUT2D eigenvalue weighted by molar-refractivity contribution is 0.304. The van der Waals surface area contributed by atoms with Gasteiger partial charge >= 0.3 is 0 Å². The van der Waals surface area contributed by atoms with Crippen molar-refractivity contribution in [3.8, 4) is 34.3 Å². The second-order valence-electron chi connectivity index (χ2n) is 9.78. The SMILES string of the molecule is CCCCCCCCCCCCOc1ccc(-c2nc(-c3ccc(OCc4ccccc4)cc3)no2)cc1. The van der Waals surface area contributed by atoms with Gasteiger partial charge in [-0.1, -0.05) is 100 Å². The summed E-state index contributed by atoms with van der Waals surface area (Å²) < 4.78 is 17.3. The average molecular weight is 513 g/mol. The lowest BCUT2D eigenvalue weighted by Gasteiger charge is -2.06. The van der Waals surface area contributed by atoms with Crippen LogP contribution in [0.15, 0.2) is 83.4 Å². The molecule has 0 spiro atoms. The molecular formula is C33H40N2O3. The number of hydrogen-bond donors (Lipinski definition) is 0. The fourth-order valence-electron chi connectivity index (χ4n) is 4.37. The van der Waals surface area contributed by atoms with E-state index in [1.165, 1.54) is 57.8 Å². The van der Waals surface area contributed by atoms with E-state index in [1.807, 2.05) is 78.9 Å². The minimum Gasteiger partial charge on any atom is -0.494 e. The summed E-state index contributed by atoms with van der Waals surface area (Å²) in [6.07, 6.45) is 13.2. The maximum Gasteiger partial charge on any atom is 0.258 e. The molecule has 200 valence electrons. The Labute approximate surface area is 227 Å². The van der Waals surface area contributed by atoms with Gasteiger partial charge in [-0.3, -0.25) is 0 Å². The molecule has 0 N–H and O–H groups in total. The number of unbranched alkanes of at least 4 members (excludes halogenated alkanes) is 9. The molecule has 0 aliphatic carbocycles. The molecular weight excluding hydrogens is 472 g/mol. The summed E-state index contributed by atoms with van der Waals surface area (Å²) in [5, 5.41) is 4.16. The van der Waals surface area contributed by atoms with Gasteiger partial charge in [0.1, 0.15) is 18.1 Å². The van der Waals surface area contributed by atoms with Crippen LogP contribution in [-0.2, 0) is 6.61 Å². The summed E-state index contributed by atoms with van der Waals surface area (Å²) in [7, 11) is 0. The Bertz CT molecular complexity index is 1170. The molecule has 38 heavy (non-hydrogen) atoms. The summed E-state index contributed by atoms with van der Waals surface area (Å²) in [6, 6.07) is 25.7. The Hall–Kier alpha value is -3.60. The van der Waals surface area contributed by atoms with Crippen molar-refractivity contribution in [2.45, 2.75) is 77.7 Å². The molecule has 0 aliphatic heterocycles. The lowest BCUT2D eigenvalue weighted by Crippen LogP contribution is -1.97. The number of nitrogens with zero attached hydrogens (tertiary/aromatic N) is 2. The van der Waals surface area contributed by atoms with Crippen molar-refractivity contribution in [2.24, 2.45) is 0 Å². The second-order valence-corrected chi connectivity index (χ2v) is 9.78. The molecule has 1 aromatic heterocycles. The van der Waals surface area contributed by atoms with Crippen LogP contribution >= 0.6 is 0 Å². The van der Waals surface area contributed by atoms with E-state index in [1.54, 1.807) is 0 Å². The molecule has 1 heterocycles. The molecule has 5 heteroatoms. The van der Waals surface area contributed by atoms with E-state index in [2.05, 4.69) is 17.1 Å². The Morgan fingerprint density at radius 1 is 0.605 bits per heavy atom. The maximum atomic E-state index is 5.92. The molecule has 0 amide bonds. The van der Waals surface area contributed by atoms with Crippen LogP contribution in [0.1, 0.15) is 76.7 Å². The Morgan fingerprint density at radius 2 is 1.18 bits per heavy atom. The molecule has 0 unspecified atom stereocenters. The third-order valence-electron chi connectivity index (χ3n) is 6.65. The van der Waals surface area contributed by atoms with Gasteiger partial charge in [-0.25, -0.2) is 0 Å². The number of rotatable bonds is 17. The molecule has 5 nitrogen and oxygen atoms in total. The van der Waals surface area contributed by atoms with Crippen LogP contribution in [0.25, 0.3) is 22.8 Å². The van der Waals surface area contributed by atoms with Crippen LogP contribution < -0.4 is 9.47 Å². The first-order valence-corrected chi connectivity index (χ1v) is 14.2. The number of aromatic nitrogens is 2. The highest BCUT2D eigenvalue weighted by atomic mass is 16.5. The van der Waals surface area contributed by atoms with Gasteiger partial charge in [0.25, 0.3) is 5.89 Å². The fraction of sp³-hybridized carbons (Fsp3) is 0.394. The van der Waals surface area contributed by atoms with Gasteiger partial charge in [-0.15, -0.1) is 0 Å². The predicted molar refractivity (Wildman–Crippen MR) is 153 cm³/mol. The van der Waals surface area contributed by atoms with Crippen LogP contribution in [0.2, 0.25) is 0 Å². The average Bonchev–Trinajstić information content (AvgIpc) is 3.46. The summed E-state index contributed by atoms with van der Waals surface area (Å²) in [4.78, 5) is 4.58. The number of ether oxygens (including phenoxy) is 2. The maximum absolute atomic E-state index is 5.92. The minimum atomic E-state index is 0.491. The van der Waals surface area contributed by atoms with Crippen molar-refractivity contribution in [3.63, 3.8) is 0 Å². The van der Waals surface area contributed by atoms with Crippen LogP contribution in [0.5, 0.6) is 11.5 Å². The van der Waals surface area contributed by atoms with E-state index < -0.39 is 0 Å². The van der Waals surface area contributed by atoms with Crippen LogP contribution in [0.4, 0.5) is 0 Å². The molecule has 4 aromatic rings. The zero-order valence-corrected chi connectivity index (χ0v) is 22.6. The van der Waals surface area contributed by atoms with Gasteiger partial charge in [0.15, 0.2) is 0 Å². The minimum absolute atomic E-state index is 0.491. The molecule has 0 saturated carbocycles. The van der Waals surface area contributed by atoms with Gasteiger partial charge in [0.05, 0.1) is 6.61 Å². The molecule has 0 bridgehead atoms. The van der Waals surface area contributed by atoms with Crippen molar-refractivity contribution in [2.75, 3.05) is 6.61 Å². The van der Waals surface area contributed by atoms with Gasteiger partial charge in [0.2, 0.25) is 5.82 Å². The molecule has 0 atom stereocenters. The van der Waals surface area contributed by atoms with E-state index in [-0.39, 0.29) is 0 Å². The lowest BCUT2D eigenvalue weighted by atomic mass is 10.1. The van der Waals surface area contributed by atoms with Gasteiger partial charge < -0.3 is 14.0 Å². The summed E-state index contributed by atoms with van der Waals surface area (Å²) >= 11 is 0. The third-order valence-corrected chi connectivity index (χ3v) is 6.65. The molecule has 3 aromatic carbocycles. The first-order valence-electron chi connectivity index (χ1n) is 14.2. The third kappa shape index (κ3) is 9.05. The van der Waals surface area contributed by atoms with Crippen molar-refractivity contribution in [3.05, 3.63) is 84.4 Å². The molecule has 0 saturated heterocycles. The molecule has 0 radical (unpaired) electrons. The first-order chi connectivity index (χ1) is 18.8. The Balaban J connectivity index is 1.16. The Morgan fingerprint density at radius 3 is 1.84 bits per heavy atom. The van der Waals surface area contributed by atoms with Gasteiger partial charge in [-0.05, 0) is 60.5 Å². The molecule has 4 rings (SSSR count). The van der Waals surface area contributed by atoms with E-state index in [4.69, 9.17) is 14.0 Å². The van der Waals surface area contributed by atoms with Crippen molar-refractivity contribution < 1.29 is 14.0 Å².